The van der Waals surface area contributed by atoms with Gasteiger partial charge in [0.15, 0.2) is 0 Å². The molecule has 0 spiro atoms. The molecule has 4 nitrogen and oxygen atoms in total. The van der Waals surface area contributed by atoms with Gasteiger partial charge in [0, 0.05) is 43.5 Å². The molecule has 1 unspecified atom stereocenters. The van der Waals surface area contributed by atoms with Gasteiger partial charge in [-0.3, -0.25) is 9.58 Å². The van der Waals surface area contributed by atoms with Crippen molar-refractivity contribution in [1.29, 1.82) is 0 Å². The standard InChI is InChI=1S/C17H24N4/c1-18-16-9-6-10-21(13-16)12-15-11-20(2)19-17(15)14-7-4-3-5-8-14/h3-5,7-8,11,16,18H,6,9-10,12-13H2,1-2H3. The van der Waals surface area contributed by atoms with Crippen molar-refractivity contribution < 1.29 is 0 Å². The topological polar surface area (TPSA) is 33.1 Å². The van der Waals surface area contributed by atoms with Crippen LogP contribution in [-0.4, -0.2) is 40.9 Å². The molecule has 0 bridgehead atoms. The van der Waals surface area contributed by atoms with Crippen molar-refractivity contribution in [2.24, 2.45) is 7.05 Å². The maximum absolute atomic E-state index is 4.66. The van der Waals surface area contributed by atoms with Gasteiger partial charge in [-0.1, -0.05) is 30.3 Å². The van der Waals surface area contributed by atoms with Crippen LogP contribution >= 0.6 is 0 Å². The normalized spacial score (nSPS) is 19.8. The summed E-state index contributed by atoms with van der Waals surface area (Å²) in [4.78, 5) is 2.54. The van der Waals surface area contributed by atoms with Crippen LogP contribution in [0.4, 0.5) is 0 Å². The third-order valence-corrected chi connectivity index (χ3v) is 4.26. The number of benzene rings is 1. The quantitative estimate of drug-likeness (QED) is 0.935. The average Bonchev–Trinajstić information content (AvgIpc) is 2.89. The van der Waals surface area contributed by atoms with Crippen molar-refractivity contribution >= 4 is 0 Å². The lowest BCUT2D eigenvalue weighted by Gasteiger charge is -2.32. The molecule has 1 aliphatic rings. The maximum Gasteiger partial charge on any atom is 0.0968 e. The Morgan fingerprint density at radius 1 is 1.29 bits per heavy atom. The first-order chi connectivity index (χ1) is 10.3. The van der Waals surface area contributed by atoms with Crippen LogP contribution < -0.4 is 5.32 Å². The summed E-state index contributed by atoms with van der Waals surface area (Å²) in [5, 5.41) is 8.07. The zero-order valence-corrected chi connectivity index (χ0v) is 12.9. The Hall–Kier alpha value is -1.65. The van der Waals surface area contributed by atoms with Gasteiger partial charge in [-0.25, -0.2) is 0 Å². The van der Waals surface area contributed by atoms with Gasteiger partial charge in [0.05, 0.1) is 5.69 Å². The number of likely N-dealkylation sites (N-methyl/N-ethyl adjacent to an activating group) is 1. The Morgan fingerprint density at radius 3 is 2.86 bits per heavy atom. The molecule has 1 aromatic heterocycles. The molecule has 0 amide bonds. The second-order valence-corrected chi connectivity index (χ2v) is 5.91. The van der Waals surface area contributed by atoms with E-state index in [1.807, 2.05) is 17.8 Å². The van der Waals surface area contributed by atoms with Crippen molar-refractivity contribution in [1.82, 2.24) is 20.0 Å². The molecule has 1 fully saturated rings. The second-order valence-electron chi connectivity index (χ2n) is 5.91. The highest BCUT2D eigenvalue weighted by Gasteiger charge is 2.20. The molecule has 1 aromatic carbocycles. The molecule has 0 aliphatic carbocycles. The third-order valence-electron chi connectivity index (χ3n) is 4.26. The lowest BCUT2D eigenvalue weighted by molar-refractivity contribution is 0.188. The lowest BCUT2D eigenvalue weighted by atomic mass is 10.0. The van der Waals surface area contributed by atoms with Crippen molar-refractivity contribution in [2.75, 3.05) is 20.1 Å². The monoisotopic (exact) mass is 284 g/mol. The summed E-state index contributed by atoms with van der Waals surface area (Å²) in [7, 11) is 4.07. The fourth-order valence-electron chi connectivity index (χ4n) is 3.17. The molecule has 1 aliphatic heterocycles. The minimum Gasteiger partial charge on any atom is -0.316 e. The third kappa shape index (κ3) is 3.34. The molecule has 2 aromatic rings. The first-order valence-electron chi connectivity index (χ1n) is 7.74. The zero-order chi connectivity index (χ0) is 14.7. The van der Waals surface area contributed by atoms with E-state index in [2.05, 4.69) is 52.8 Å². The van der Waals surface area contributed by atoms with E-state index in [1.54, 1.807) is 0 Å². The lowest BCUT2D eigenvalue weighted by Crippen LogP contribution is -2.43. The molecule has 21 heavy (non-hydrogen) atoms. The number of nitrogens with zero attached hydrogens (tertiary/aromatic N) is 3. The van der Waals surface area contributed by atoms with Crippen LogP contribution in [0, 0.1) is 0 Å². The number of piperidine rings is 1. The van der Waals surface area contributed by atoms with Gasteiger partial charge >= 0.3 is 0 Å². The van der Waals surface area contributed by atoms with E-state index in [-0.39, 0.29) is 0 Å². The van der Waals surface area contributed by atoms with Crippen molar-refractivity contribution in [2.45, 2.75) is 25.4 Å². The largest absolute Gasteiger partial charge is 0.316 e. The van der Waals surface area contributed by atoms with Crippen molar-refractivity contribution in [3.05, 3.63) is 42.1 Å². The number of likely N-dealkylation sites (tertiary alicyclic amines) is 1. The molecule has 4 heteroatoms. The van der Waals surface area contributed by atoms with Crippen LogP contribution in [0.15, 0.2) is 36.5 Å². The van der Waals surface area contributed by atoms with Gasteiger partial charge in [0.1, 0.15) is 0 Å². The summed E-state index contributed by atoms with van der Waals surface area (Å²) in [5.41, 5.74) is 3.64. The van der Waals surface area contributed by atoms with Crippen LogP contribution in [0.5, 0.6) is 0 Å². The molecular formula is C17H24N4. The molecule has 112 valence electrons. The van der Waals surface area contributed by atoms with E-state index >= 15 is 0 Å². The van der Waals surface area contributed by atoms with Crippen molar-refractivity contribution in [3.8, 4) is 11.3 Å². The van der Waals surface area contributed by atoms with Gasteiger partial charge < -0.3 is 5.32 Å². The molecular weight excluding hydrogens is 260 g/mol. The number of aryl methyl sites for hydroxylation is 1. The SMILES string of the molecule is CNC1CCCN(Cc2cn(C)nc2-c2ccccc2)C1. The van der Waals surface area contributed by atoms with Gasteiger partial charge in [-0.2, -0.15) is 5.10 Å². The Balaban J connectivity index is 1.79. The minimum atomic E-state index is 0.621. The molecule has 1 saturated heterocycles. The first-order valence-corrected chi connectivity index (χ1v) is 7.74. The van der Waals surface area contributed by atoms with Gasteiger partial charge in [-0.05, 0) is 26.4 Å². The van der Waals surface area contributed by atoms with E-state index in [0.29, 0.717) is 6.04 Å². The number of hydrogen-bond acceptors (Lipinski definition) is 3. The first kappa shape index (κ1) is 14.3. The van der Waals surface area contributed by atoms with E-state index in [9.17, 15) is 0 Å². The number of aromatic nitrogens is 2. The average molecular weight is 284 g/mol. The summed E-state index contributed by atoms with van der Waals surface area (Å²) >= 11 is 0. The molecule has 3 rings (SSSR count). The summed E-state index contributed by atoms with van der Waals surface area (Å²) in [5.74, 6) is 0. The fourth-order valence-corrected chi connectivity index (χ4v) is 3.17. The van der Waals surface area contributed by atoms with Crippen molar-refractivity contribution in [3.63, 3.8) is 0 Å². The molecule has 1 N–H and O–H groups in total. The van der Waals surface area contributed by atoms with Crippen LogP contribution in [0.3, 0.4) is 0 Å². The maximum atomic E-state index is 4.66. The highest BCUT2D eigenvalue weighted by Crippen LogP contribution is 2.24. The smallest absolute Gasteiger partial charge is 0.0968 e. The highest BCUT2D eigenvalue weighted by atomic mass is 15.3. The van der Waals surface area contributed by atoms with E-state index in [1.165, 1.54) is 30.5 Å². The van der Waals surface area contributed by atoms with E-state index in [0.717, 1.165) is 18.8 Å². The number of rotatable bonds is 4. The Labute approximate surface area is 126 Å². The summed E-state index contributed by atoms with van der Waals surface area (Å²) in [6.45, 7) is 3.29. The number of nitrogens with one attached hydrogen (secondary N) is 1. The summed E-state index contributed by atoms with van der Waals surface area (Å²) in [6.07, 6.45) is 4.71. The van der Waals surface area contributed by atoms with Crippen LogP contribution in [0.2, 0.25) is 0 Å². The second kappa shape index (κ2) is 6.41. The highest BCUT2D eigenvalue weighted by molar-refractivity contribution is 5.62. The molecule has 2 heterocycles. The molecule has 1 atom stereocenters. The Morgan fingerprint density at radius 2 is 2.10 bits per heavy atom. The molecule has 0 radical (unpaired) electrons. The van der Waals surface area contributed by atoms with Crippen LogP contribution in [0.1, 0.15) is 18.4 Å². The number of hydrogen-bond donors (Lipinski definition) is 1. The summed E-state index contributed by atoms with van der Waals surface area (Å²) in [6, 6.07) is 11.1. The summed E-state index contributed by atoms with van der Waals surface area (Å²) < 4.78 is 1.93. The van der Waals surface area contributed by atoms with Crippen LogP contribution in [0.25, 0.3) is 11.3 Å². The van der Waals surface area contributed by atoms with E-state index < -0.39 is 0 Å². The van der Waals surface area contributed by atoms with Gasteiger partial charge in [0.25, 0.3) is 0 Å². The minimum absolute atomic E-state index is 0.621. The van der Waals surface area contributed by atoms with Gasteiger partial charge in [-0.15, -0.1) is 0 Å². The predicted molar refractivity (Wildman–Crippen MR) is 86.0 cm³/mol. The Bertz CT molecular complexity index is 576. The Kier molecular flexibility index (Phi) is 4.36. The molecule has 0 saturated carbocycles. The fraction of sp³-hybridized carbons (Fsp3) is 0.471. The zero-order valence-electron chi connectivity index (χ0n) is 12.9. The van der Waals surface area contributed by atoms with Crippen LogP contribution in [-0.2, 0) is 13.6 Å². The van der Waals surface area contributed by atoms with E-state index in [4.69, 9.17) is 0 Å². The van der Waals surface area contributed by atoms with Gasteiger partial charge in [0.2, 0.25) is 0 Å². The predicted octanol–water partition coefficient (Wildman–Crippen LogP) is 2.27.